The summed E-state index contributed by atoms with van der Waals surface area (Å²) >= 11 is 0. The molecule has 0 spiro atoms. The van der Waals surface area contributed by atoms with Gasteiger partial charge in [-0.15, -0.1) is 0 Å². The third-order valence-electron chi connectivity index (χ3n) is 12.6. The minimum absolute atomic E-state index is 0.00572. The average molecular weight is 803 g/mol. The Kier molecular flexibility index (Phi) is 11.9. The van der Waals surface area contributed by atoms with Crippen molar-refractivity contribution in [1.29, 1.82) is 0 Å². The number of fused-ring (bicyclic) bond motifs is 7. The van der Waals surface area contributed by atoms with E-state index >= 15 is 4.39 Å². The number of alkyl halides is 1. The third kappa shape index (κ3) is 7.78. The number of hydrogen-bond acceptors (Lipinski definition) is 15. The van der Waals surface area contributed by atoms with E-state index in [0.29, 0.717) is 36.8 Å². The summed E-state index contributed by atoms with van der Waals surface area (Å²) < 4.78 is 46.4. The number of allylic oxidation sites excluding steroid dienone is 4. The van der Waals surface area contributed by atoms with Crippen LogP contribution in [0.15, 0.2) is 48.1 Å². The molecule has 4 fully saturated rings. The number of ether oxygens (including phenoxy) is 5. The van der Waals surface area contributed by atoms with Crippen molar-refractivity contribution in [3.05, 3.63) is 53.6 Å². The lowest BCUT2D eigenvalue weighted by Gasteiger charge is -2.62. The molecule has 17 heteroatoms. The van der Waals surface area contributed by atoms with Crippen LogP contribution in [0.1, 0.15) is 78.7 Å². The zero-order valence-corrected chi connectivity index (χ0v) is 32.7. The summed E-state index contributed by atoms with van der Waals surface area (Å²) in [7, 11) is 0. The standard InChI is InChI=1S/C40H51FN2O14/c1-23(44)42-30(34(48)52-16-6-7-17-54-43(50)51)18-24-8-11-27(12-9-24)55-35(49)53-22-32(47)40-33(56-36(2,3)57-40)20-29-28-13-10-25-19-26(45)14-15-37(25,4)39(28,41)31(46)21-38(29,40)5/h8-9,11-12,14-15,19,28-31,33,46,50-51H,6-7,10,13,16-18,20-22H2,1-5H3,(H,42,44)/t28?,29?,30?,31-,33+,37?,38-,39-,40+/m0/s1. The van der Waals surface area contributed by atoms with E-state index in [-0.39, 0.29) is 44.0 Å². The number of halogens is 1. The van der Waals surface area contributed by atoms with Crippen LogP contribution in [0, 0.1) is 22.7 Å². The number of Topliss-reactive ketones (excluding diaryl/α,β-unsaturated/α-hetero) is 1. The molecule has 4 aliphatic carbocycles. The van der Waals surface area contributed by atoms with Crippen LogP contribution in [0.25, 0.3) is 0 Å². The molecule has 3 saturated carbocycles. The molecule has 9 atom stereocenters. The highest BCUT2D eigenvalue weighted by atomic mass is 19.1. The smallest absolute Gasteiger partial charge is 0.464 e. The van der Waals surface area contributed by atoms with E-state index in [0.717, 1.165) is 0 Å². The summed E-state index contributed by atoms with van der Waals surface area (Å²) in [5, 5.41) is 31.0. The number of nitrogens with one attached hydrogen (secondary N) is 1. The molecule has 1 aromatic rings. The molecule has 312 valence electrons. The van der Waals surface area contributed by atoms with E-state index in [1.807, 2.05) is 6.92 Å². The number of carbonyl (C=O) groups excluding carboxylic acids is 5. The van der Waals surface area contributed by atoms with E-state index in [9.17, 15) is 29.1 Å². The summed E-state index contributed by atoms with van der Waals surface area (Å²) in [6.07, 6.45) is 2.59. The molecule has 16 nitrogen and oxygen atoms in total. The van der Waals surface area contributed by atoms with Crippen molar-refractivity contribution >= 4 is 29.6 Å². The highest BCUT2D eigenvalue weighted by Gasteiger charge is 2.80. The van der Waals surface area contributed by atoms with Crippen LogP contribution in [0.2, 0.25) is 0 Å². The third-order valence-corrected chi connectivity index (χ3v) is 12.6. The lowest BCUT2D eigenvalue weighted by molar-refractivity contribution is -0.492. The molecular formula is C40H51FN2O14. The number of unbranched alkanes of at least 4 members (excludes halogenated alkanes) is 1. The first-order valence-electron chi connectivity index (χ1n) is 19.2. The van der Waals surface area contributed by atoms with E-state index in [1.165, 1.54) is 31.2 Å². The van der Waals surface area contributed by atoms with Crippen molar-refractivity contribution < 1.29 is 72.4 Å². The second-order valence-electron chi connectivity index (χ2n) is 16.5. The SMILES string of the molecule is CC(=O)NC(Cc1ccc(OC(=O)OCC(=O)[C@@]23OC(C)(C)O[C@@H]2CC2C4CCC5=CC(=O)C=CC5(C)[C@@]4(F)[C@@H](O)C[C@@]23C)cc1)C(=O)OCCCCON(O)O. The number of hydrogen-bond donors (Lipinski definition) is 4. The van der Waals surface area contributed by atoms with E-state index in [4.69, 9.17) is 34.1 Å². The molecule has 1 amide bonds. The Morgan fingerprint density at radius 3 is 2.42 bits per heavy atom. The van der Waals surface area contributed by atoms with Gasteiger partial charge in [-0.2, -0.15) is 0 Å². The molecular weight excluding hydrogens is 751 g/mol. The predicted molar refractivity (Wildman–Crippen MR) is 193 cm³/mol. The molecule has 5 aliphatic rings. The van der Waals surface area contributed by atoms with E-state index in [2.05, 4.69) is 10.2 Å². The topological polar surface area (TPSA) is 217 Å². The van der Waals surface area contributed by atoms with Crippen LogP contribution in [-0.4, -0.2) is 106 Å². The first-order valence-corrected chi connectivity index (χ1v) is 19.2. The second-order valence-corrected chi connectivity index (χ2v) is 16.5. The summed E-state index contributed by atoms with van der Waals surface area (Å²) in [6, 6.07) is 5.02. The van der Waals surface area contributed by atoms with Gasteiger partial charge in [-0.25, -0.2) is 14.0 Å². The van der Waals surface area contributed by atoms with Gasteiger partial charge in [0.1, 0.15) is 11.8 Å². The summed E-state index contributed by atoms with van der Waals surface area (Å²) in [5.74, 6) is -4.24. The molecule has 1 heterocycles. The largest absolute Gasteiger partial charge is 0.514 e. The quantitative estimate of drug-likeness (QED) is 0.0904. The lowest BCUT2D eigenvalue weighted by atomic mass is 9.44. The number of rotatable bonds is 14. The number of nitrogens with zero attached hydrogens (tertiary/aromatic N) is 1. The molecule has 0 bridgehead atoms. The van der Waals surface area contributed by atoms with Gasteiger partial charge < -0.3 is 34.1 Å². The highest BCUT2D eigenvalue weighted by molar-refractivity contribution is 6.01. The van der Waals surface area contributed by atoms with Gasteiger partial charge in [-0.1, -0.05) is 30.7 Å². The Morgan fingerprint density at radius 1 is 1.04 bits per heavy atom. The van der Waals surface area contributed by atoms with Crippen LogP contribution in [0.3, 0.4) is 0 Å². The Balaban J connectivity index is 1.09. The number of amides is 1. The average Bonchev–Trinajstić information content (AvgIpc) is 3.54. The number of aliphatic hydroxyl groups excluding tert-OH is 1. The maximum Gasteiger partial charge on any atom is 0.514 e. The molecule has 57 heavy (non-hydrogen) atoms. The van der Waals surface area contributed by atoms with Crippen molar-refractivity contribution in [3.8, 4) is 5.75 Å². The Bertz CT molecular complexity index is 1820. The number of carbonyl (C=O) groups is 5. The van der Waals surface area contributed by atoms with Gasteiger partial charge in [0.15, 0.2) is 29.4 Å². The van der Waals surface area contributed by atoms with Crippen LogP contribution in [0.5, 0.6) is 5.75 Å². The fourth-order valence-corrected chi connectivity index (χ4v) is 10.2. The molecule has 0 aromatic heterocycles. The summed E-state index contributed by atoms with van der Waals surface area (Å²) in [6.45, 7) is 7.37. The minimum Gasteiger partial charge on any atom is -0.464 e. The van der Waals surface area contributed by atoms with Crippen molar-refractivity contribution in [1.82, 2.24) is 10.7 Å². The second kappa shape index (κ2) is 15.9. The van der Waals surface area contributed by atoms with Gasteiger partial charge in [-0.05, 0) is 95.1 Å². The van der Waals surface area contributed by atoms with Crippen molar-refractivity contribution in [2.45, 2.75) is 115 Å². The Labute approximate surface area is 329 Å². The van der Waals surface area contributed by atoms with Crippen molar-refractivity contribution in [2.75, 3.05) is 19.8 Å². The zero-order valence-electron chi connectivity index (χ0n) is 32.7. The molecule has 1 saturated heterocycles. The van der Waals surface area contributed by atoms with Gasteiger partial charge in [0.2, 0.25) is 11.7 Å². The number of aliphatic hydroxyl groups is 1. The van der Waals surface area contributed by atoms with Gasteiger partial charge >= 0.3 is 12.1 Å². The van der Waals surface area contributed by atoms with Crippen molar-refractivity contribution in [2.24, 2.45) is 22.7 Å². The first kappa shape index (κ1) is 42.5. The molecule has 0 radical (unpaired) electrons. The fraction of sp³-hybridized carbons (Fsp3) is 0.625. The fourth-order valence-electron chi connectivity index (χ4n) is 10.2. The maximum atomic E-state index is 17.7. The van der Waals surface area contributed by atoms with E-state index < -0.39 is 93.8 Å². The molecule has 1 aromatic carbocycles. The summed E-state index contributed by atoms with van der Waals surface area (Å²) in [4.78, 5) is 68.4. The van der Waals surface area contributed by atoms with Crippen LogP contribution >= 0.6 is 0 Å². The van der Waals surface area contributed by atoms with Crippen LogP contribution in [0.4, 0.5) is 9.18 Å². The first-order chi connectivity index (χ1) is 26.8. The van der Waals surface area contributed by atoms with Gasteiger partial charge in [0.25, 0.3) is 0 Å². The van der Waals surface area contributed by atoms with Crippen molar-refractivity contribution in [3.63, 3.8) is 0 Å². The molecule has 4 N–H and O–H groups in total. The van der Waals surface area contributed by atoms with Gasteiger partial charge in [-0.3, -0.25) is 29.6 Å². The van der Waals surface area contributed by atoms with Crippen LogP contribution in [-0.2, 0) is 49.4 Å². The predicted octanol–water partition coefficient (Wildman–Crippen LogP) is 4.02. The summed E-state index contributed by atoms with van der Waals surface area (Å²) in [5.41, 5.74) is -4.89. The normalized spacial score (nSPS) is 33.9. The van der Waals surface area contributed by atoms with E-state index in [1.54, 1.807) is 39.0 Å². The number of ketones is 2. The minimum atomic E-state index is -2.12. The number of benzene rings is 1. The Morgan fingerprint density at radius 2 is 1.74 bits per heavy atom. The molecule has 6 rings (SSSR count). The maximum absolute atomic E-state index is 17.7. The monoisotopic (exact) mass is 802 g/mol. The highest BCUT2D eigenvalue weighted by Crippen LogP contribution is 2.72. The molecule has 1 aliphatic heterocycles. The van der Waals surface area contributed by atoms with Gasteiger partial charge in [0, 0.05) is 30.1 Å². The Hall–Kier alpha value is -4.10. The number of esters is 1. The zero-order chi connectivity index (χ0) is 41.6. The lowest BCUT2D eigenvalue weighted by Crippen LogP contribution is -2.70. The van der Waals surface area contributed by atoms with Gasteiger partial charge in [0.05, 0.1) is 30.8 Å². The van der Waals surface area contributed by atoms with Crippen LogP contribution < -0.4 is 10.1 Å². The molecule has 4 unspecified atom stereocenters.